The molecule has 0 saturated carbocycles. The van der Waals surface area contributed by atoms with Gasteiger partial charge in [0, 0.05) is 11.8 Å². The maximum atomic E-state index is 12.8. The molecule has 0 aliphatic carbocycles. The first-order valence-corrected chi connectivity index (χ1v) is 10.4. The number of anilines is 1. The van der Waals surface area contributed by atoms with Crippen molar-refractivity contribution in [3.63, 3.8) is 0 Å². The molecule has 0 bridgehead atoms. The number of hydrogen-bond donors (Lipinski definition) is 2. The predicted molar refractivity (Wildman–Crippen MR) is 118 cm³/mol. The predicted octanol–water partition coefficient (Wildman–Crippen LogP) is 1.39. The first-order chi connectivity index (χ1) is 14.9. The number of carbonyl (C=O) groups is 2. The van der Waals surface area contributed by atoms with Gasteiger partial charge in [-0.15, -0.1) is 0 Å². The van der Waals surface area contributed by atoms with E-state index in [1.54, 1.807) is 29.2 Å². The van der Waals surface area contributed by atoms with Gasteiger partial charge in [-0.3, -0.25) is 14.4 Å². The number of fused-ring (bicyclic) bond motifs is 1. The number of nitrogens with one attached hydrogen (secondary N) is 2. The zero-order chi connectivity index (χ0) is 22.0. The van der Waals surface area contributed by atoms with Crippen LogP contribution in [0.3, 0.4) is 0 Å². The third-order valence-corrected chi connectivity index (χ3v) is 5.89. The Kier molecular flexibility index (Phi) is 5.86. The number of carbonyl (C=O) groups excluding carboxylic acids is 2. The van der Waals surface area contributed by atoms with Crippen molar-refractivity contribution in [2.75, 3.05) is 38.0 Å². The number of amides is 2. The van der Waals surface area contributed by atoms with Crippen molar-refractivity contribution >= 4 is 28.5 Å². The highest BCUT2D eigenvalue weighted by Crippen LogP contribution is 2.17. The van der Waals surface area contributed by atoms with Crippen LogP contribution in [-0.2, 0) is 4.79 Å². The minimum atomic E-state index is -0.290. The lowest BCUT2D eigenvalue weighted by Crippen LogP contribution is -3.15. The molecule has 1 saturated heterocycles. The first kappa shape index (κ1) is 20.8. The molecule has 2 aromatic carbocycles. The Morgan fingerprint density at radius 2 is 1.81 bits per heavy atom. The number of aryl methyl sites for hydroxylation is 1. The third-order valence-electron chi connectivity index (χ3n) is 5.89. The first-order valence-electron chi connectivity index (χ1n) is 10.4. The Morgan fingerprint density at radius 3 is 2.58 bits per heavy atom. The minimum absolute atomic E-state index is 0.0380. The van der Waals surface area contributed by atoms with E-state index in [0.29, 0.717) is 43.7 Å². The van der Waals surface area contributed by atoms with Crippen LogP contribution in [0.15, 0.2) is 57.7 Å². The molecule has 1 fully saturated rings. The van der Waals surface area contributed by atoms with Crippen molar-refractivity contribution in [3.8, 4) is 0 Å². The van der Waals surface area contributed by atoms with Gasteiger partial charge < -0.3 is 19.5 Å². The Bertz CT molecular complexity index is 1190. The molecule has 31 heavy (non-hydrogen) atoms. The summed E-state index contributed by atoms with van der Waals surface area (Å²) in [6.07, 6.45) is 0. The molecule has 7 heteroatoms. The summed E-state index contributed by atoms with van der Waals surface area (Å²) in [6.45, 7) is 6.67. The fourth-order valence-electron chi connectivity index (χ4n) is 3.88. The fraction of sp³-hybridized carbons (Fsp3) is 0.292. The smallest absolute Gasteiger partial charge is 0.290 e. The average molecular weight is 420 g/mol. The van der Waals surface area contributed by atoms with E-state index in [2.05, 4.69) is 5.32 Å². The molecular weight excluding hydrogens is 394 g/mol. The van der Waals surface area contributed by atoms with Crippen LogP contribution in [0.4, 0.5) is 5.69 Å². The van der Waals surface area contributed by atoms with Crippen molar-refractivity contribution in [1.29, 1.82) is 0 Å². The molecular formula is C24H26N3O4+. The van der Waals surface area contributed by atoms with Crippen molar-refractivity contribution in [2.24, 2.45) is 0 Å². The van der Waals surface area contributed by atoms with E-state index in [9.17, 15) is 14.4 Å². The molecule has 0 atom stereocenters. The summed E-state index contributed by atoms with van der Waals surface area (Å²) < 4.78 is 5.67. The van der Waals surface area contributed by atoms with Crippen LogP contribution >= 0.6 is 0 Å². The lowest BCUT2D eigenvalue weighted by Gasteiger charge is -2.31. The highest BCUT2D eigenvalue weighted by atomic mass is 16.3. The van der Waals surface area contributed by atoms with Crippen molar-refractivity contribution < 1.29 is 18.9 Å². The Labute approximate surface area is 180 Å². The average Bonchev–Trinajstić information content (AvgIpc) is 2.77. The van der Waals surface area contributed by atoms with Gasteiger partial charge in [0.2, 0.25) is 0 Å². The quantitative estimate of drug-likeness (QED) is 0.668. The van der Waals surface area contributed by atoms with Crippen LogP contribution in [0.25, 0.3) is 11.0 Å². The monoisotopic (exact) mass is 420 g/mol. The van der Waals surface area contributed by atoms with E-state index in [1.807, 2.05) is 32.0 Å². The van der Waals surface area contributed by atoms with Gasteiger partial charge in [-0.2, -0.15) is 0 Å². The minimum Gasteiger partial charge on any atom is -0.451 e. The molecule has 160 valence electrons. The topological polar surface area (TPSA) is 84.1 Å². The largest absolute Gasteiger partial charge is 0.451 e. The molecule has 1 aliphatic heterocycles. The summed E-state index contributed by atoms with van der Waals surface area (Å²) in [4.78, 5) is 40.4. The number of rotatable bonds is 4. The Hall–Kier alpha value is -3.45. The van der Waals surface area contributed by atoms with Gasteiger partial charge in [0.1, 0.15) is 5.58 Å². The van der Waals surface area contributed by atoms with Gasteiger partial charge in [0.15, 0.2) is 17.7 Å². The molecule has 1 aliphatic rings. The second-order valence-electron chi connectivity index (χ2n) is 7.99. The van der Waals surface area contributed by atoms with Crippen molar-refractivity contribution in [1.82, 2.24) is 4.90 Å². The number of quaternary nitrogens is 1. The summed E-state index contributed by atoms with van der Waals surface area (Å²) in [5, 5.41) is 3.45. The molecule has 1 aromatic heterocycles. The Morgan fingerprint density at radius 1 is 1.06 bits per heavy atom. The molecule has 0 unspecified atom stereocenters. The maximum absolute atomic E-state index is 12.8. The molecule has 2 N–H and O–H groups in total. The van der Waals surface area contributed by atoms with E-state index in [4.69, 9.17) is 4.42 Å². The number of benzene rings is 2. The van der Waals surface area contributed by atoms with Gasteiger partial charge in [-0.25, -0.2) is 0 Å². The van der Waals surface area contributed by atoms with E-state index < -0.39 is 0 Å². The second kappa shape index (κ2) is 8.73. The van der Waals surface area contributed by atoms with Crippen molar-refractivity contribution in [2.45, 2.75) is 13.8 Å². The van der Waals surface area contributed by atoms with Gasteiger partial charge in [-0.1, -0.05) is 24.3 Å². The highest BCUT2D eigenvalue weighted by Gasteiger charge is 2.27. The van der Waals surface area contributed by atoms with Crippen molar-refractivity contribution in [3.05, 3.63) is 75.6 Å². The molecule has 7 nitrogen and oxygen atoms in total. The maximum Gasteiger partial charge on any atom is 0.290 e. The van der Waals surface area contributed by atoms with Gasteiger partial charge >= 0.3 is 0 Å². The zero-order valence-electron chi connectivity index (χ0n) is 17.7. The molecule has 0 radical (unpaired) electrons. The van der Waals surface area contributed by atoms with Crippen LogP contribution in [0.5, 0.6) is 0 Å². The van der Waals surface area contributed by atoms with E-state index in [-0.39, 0.29) is 23.0 Å². The summed E-state index contributed by atoms with van der Waals surface area (Å²) >= 11 is 0. The van der Waals surface area contributed by atoms with Crippen LogP contribution in [0, 0.1) is 13.8 Å². The summed E-state index contributed by atoms with van der Waals surface area (Å²) in [5.41, 5.74) is 3.23. The van der Waals surface area contributed by atoms with Gasteiger partial charge in [0.05, 0.1) is 31.6 Å². The molecule has 4 rings (SSSR count). The van der Waals surface area contributed by atoms with Gasteiger partial charge in [-0.05, 0) is 43.2 Å². The van der Waals surface area contributed by atoms with Gasteiger partial charge in [0.25, 0.3) is 11.8 Å². The molecule has 2 amide bonds. The van der Waals surface area contributed by atoms with E-state index in [1.165, 1.54) is 6.07 Å². The fourth-order valence-corrected chi connectivity index (χ4v) is 3.88. The number of nitrogens with zero attached hydrogens (tertiary/aromatic N) is 1. The summed E-state index contributed by atoms with van der Waals surface area (Å²) in [6, 6.07) is 14.0. The standard InChI is InChI=1S/C24H25N3O4/c1-16-6-5-8-19(17(16)2)25-23(29)15-26-10-12-27(13-11-26)24(30)22-14-20(28)18-7-3-4-9-21(18)31-22/h3-9,14H,10-13,15H2,1-2H3,(H,25,29)/p+1. The van der Waals surface area contributed by atoms with Crippen LogP contribution in [-0.4, -0.2) is 49.4 Å². The highest BCUT2D eigenvalue weighted by molar-refractivity contribution is 5.93. The number of para-hydroxylation sites is 1. The van der Waals surface area contributed by atoms with E-state index >= 15 is 0 Å². The zero-order valence-corrected chi connectivity index (χ0v) is 17.7. The lowest BCUT2D eigenvalue weighted by atomic mass is 10.1. The summed E-state index contributed by atoms with van der Waals surface area (Å²) in [5.74, 6) is -0.273. The molecule has 3 aromatic rings. The normalized spacial score (nSPS) is 14.6. The molecule has 2 heterocycles. The lowest BCUT2D eigenvalue weighted by molar-refractivity contribution is -0.895. The van der Waals surface area contributed by atoms with Crippen LogP contribution in [0.2, 0.25) is 0 Å². The van der Waals surface area contributed by atoms with Crippen LogP contribution < -0.4 is 15.6 Å². The number of piperazine rings is 1. The summed E-state index contributed by atoms with van der Waals surface area (Å²) in [7, 11) is 0. The number of hydrogen-bond acceptors (Lipinski definition) is 4. The Balaban J connectivity index is 1.35. The second-order valence-corrected chi connectivity index (χ2v) is 7.99. The van der Waals surface area contributed by atoms with Crippen LogP contribution in [0.1, 0.15) is 21.7 Å². The van der Waals surface area contributed by atoms with E-state index in [0.717, 1.165) is 21.7 Å². The third kappa shape index (κ3) is 4.51. The SMILES string of the molecule is Cc1cccc(NC(=O)C[NH+]2CCN(C(=O)c3cc(=O)c4ccccc4o3)CC2)c1C. The molecule has 0 spiro atoms.